The maximum absolute atomic E-state index is 12.2. The summed E-state index contributed by atoms with van der Waals surface area (Å²) in [7, 11) is 0. The lowest BCUT2D eigenvalue weighted by molar-refractivity contribution is -0.117. The van der Waals surface area contributed by atoms with Crippen LogP contribution in [0.4, 0.5) is 5.69 Å². The maximum atomic E-state index is 12.2. The fourth-order valence-corrected chi connectivity index (χ4v) is 4.79. The van der Waals surface area contributed by atoms with Gasteiger partial charge in [-0.15, -0.1) is 11.3 Å². The van der Waals surface area contributed by atoms with Crippen molar-refractivity contribution in [3.05, 3.63) is 33.4 Å². The minimum absolute atomic E-state index is 0.258. The van der Waals surface area contributed by atoms with Crippen LogP contribution in [0.3, 0.4) is 0 Å². The molecule has 1 aromatic heterocycles. The predicted molar refractivity (Wildman–Crippen MR) is 93.9 cm³/mol. The molecule has 0 radical (unpaired) electrons. The lowest BCUT2D eigenvalue weighted by Crippen LogP contribution is -2.31. The molecule has 0 saturated heterocycles. The molecule has 5 heteroatoms. The van der Waals surface area contributed by atoms with E-state index in [1.54, 1.807) is 11.3 Å². The summed E-state index contributed by atoms with van der Waals surface area (Å²) in [6.45, 7) is 6.83. The summed E-state index contributed by atoms with van der Waals surface area (Å²) < 4.78 is 2.28. The largest absolute Gasteiger partial charge is 0.317 e. The molecular formula is C18H21N3OS. The number of anilines is 1. The summed E-state index contributed by atoms with van der Waals surface area (Å²) in [4.78, 5) is 19.9. The van der Waals surface area contributed by atoms with Crippen LogP contribution >= 0.6 is 11.3 Å². The fourth-order valence-electron chi connectivity index (χ4n) is 3.75. The summed E-state index contributed by atoms with van der Waals surface area (Å²) >= 11 is 1.70. The van der Waals surface area contributed by atoms with E-state index in [-0.39, 0.29) is 5.91 Å². The first kappa shape index (κ1) is 14.7. The average Bonchev–Trinajstić information content (AvgIpc) is 3.10. The SMILES string of the molecule is CCN=c1scc(-c2cc3c4c(c2)CC(=O)N4CCC3)n1CC. The number of hydrogen-bond acceptors (Lipinski definition) is 3. The van der Waals surface area contributed by atoms with E-state index in [2.05, 4.69) is 40.9 Å². The van der Waals surface area contributed by atoms with Crippen LogP contribution in [0.1, 0.15) is 31.4 Å². The molecule has 4 nitrogen and oxygen atoms in total. The van der Waals surface area contributed by atoms with Crippen molar-refractivity contribution in [1.82, 2.24) is 4.57 Å². The third-order valence-electron chi connectivity index (χ3n) is 4.71. The molecule has 2 aliphatic heterocycles. The number of hydrogen-bond donors (Lipinski definition) is 0. The van der Waals surface area contributed by atoms with E-state index < -0.39 is 0 Å². The minimum Gasteiger partial charge on any atom is -0.317 e. The molecular weight excluding hydrogens is 306 g/mol. The van der Waals surface area contributed by atoms with Crippen molar-refractivity contribution >= 4 is 22.9 Å². The molecule has 0 aliphatic carbocycles. The second-order valence-electron chi connectivity index (χ2n) is 6.09. The van der Waals surface area contributed by atoms with Crippen molar-refractivity contribution in [3.63, 3.8) is 0 Å². The van der Waals surface area contributed by atoms with Gasteiger partial charge in [0.25, 0.3) is 0 Å². The van der Waals surface area contributed by atoms with E-state index in [1.165, 1.54) is 28.1 Å². The summed E-state index contributed by atoms with van der Waals surface area (Å²) in [5, 5.41) is 2.20. The van der Waals surface area contributed by atoms with Crippen LogP contribution in [-0.2, 0) is 24.2 Å². The van der Waals surface area contributed by atoms with Crippen LogP contribution in [0.5, 0.6) is 0 Å². The molecule has 0 unspecified atom stereocenters. The van der Waals surface area contributed by atoms with Gasteiger partial charge in [0.15, 0.2) is 4.80 Å². The number of aryl methyl sites for hydroxylation is 1. The van der Waals surface area contributed by atoms with Crippen molar-refractivity contribution in [2.45, 2.75) is 39.7 Å². The minimum atomic E-state index is 0.258. The standard InChI is InChI=1S/C18H21N3OS/c1-3-19-18-20(4-2)15(11-23-18)13-8-12-6-5-7-21-16(22)10-14(9-13)17(12)21/h8-9,11H,3-7,10H2,1-2H3. The van der Waals surface area contributed by atoms with Gasteiger partial charge in [0, 0.05) is 25.0 Å². The van der Waals surface area contributed by atoms with E-state index in [4.69, 9.17) is 0 Å². The number of carbonyl (C=O) groups is 1. The van der Waals surface area contributed by atoms with Gasteiger partial charge in [-0.1, -0.05) is 0 Å². The van der Waals surface area contributed by atoms with Gasteiger partial charge in [-0.2, -0.15) is 0 Å². The normalized spacial score (nSPS) is 17.0. The zero-order valence-electron chi connectivity index (χ0n) is 13.6. The van der Waals surface area contributed by atoms with Gasteiger partial charge >= 0.3 is 0 Å². The molecule has 1 amide bonds. The van der Waals surface area contributed by atoms with E-state index >= 15 is 0 Å². The van der Waals surface area contributed by atoms with Crippen LogP contribution in [0.15, 0.2) is 22.5 Å². The van der Waals surface area contributed by atoms with E-state index in [1.807, 2.05) is 4.90 Å². The Morgan fingerprint density at radius 3 is 2.87 bits per heavy atom. The van der Waals surface area contributed by atoms with Crippen molar-refractivity contribution in [3.8, 4) is 11.3 Å². The first-order chi connectivity index (χ1) is 11.2. The van der Waals surface area contributed by atoms with Crippen molar-refractivity contribution in [1.29, 1.82) is 0 Å². The Bertz CT molecular complexity index is 846. The van der Waals surface area contributed by atoms with Gasteiger partial charge < -0.3 is 9.47 Å². The van der Waals surface area contributed by atoms with Crippen LogP contribution in [0.2, 0.25) is 0 Å². The molecule has 0 fully saturated rings. The van der Waals surface area contributed by atoms with E-state index in [9.17, 15) is 4.79 Å². The Balaban J connectivity index is 1.88. The highest BCUT2D eigenvalue weighted by atomic mass is 32.1. The molecule has 23 heavy (non-hydrogen) atoms. The first-order valence-corrected chi connectivity index (χ1v) is 9.26. The molecule has 0 saturated carbocycles. The van der Waals surface area contributed by atoms with Crippen molar-refractivity contribution in [2.75, 3.05) is 18.0 Å². The van der Waals surface area contributed by atoms with E-state index in [0.29, 0.717) is 6.42 Å². The lowest BCUT2D eigenvalue weighted by atomic mass is 9.96. The second kappa shape index (κ2) is 5.64. The Hall–Kier alpha value is -1.88. The highest BCUT2D eigenvalue weighted by molar-refractivity contribution is 7.07. The number of amides is 1. The third-order valence-corrected chi connectivity index (χ3v) is 5.61. The third kappa shape index (κ3) is 2.26. The predicted octanol–water partition coefficient (Wildman–Crippen LogP) is 2.99. The number of benzene rings is 1. The zero-order valence-corrected chi connectivity index (χ0v) is 14.4. The number of aromatic nitrogens is 1. The van der Waals surface area contributed by atoms with Gasteiger partial charge in [0.2, 0.25) is 5.91 Å². The van der Waals surface area contributed by atoms with Crippen LogP contribution < -0.4 is 9.70 Å². The van der Waals surface area contributed by atoms with Crippen molar-refractivity contribution < 1.29 is 4.79 Å². The average molecular weight is 327 g/mol. The number of thiazole rings is 1. The Labute approximate surface area is 140 Å². The summed E-state index contributed by atoms with van der Waals surface area (Å²) in [6.07, 6.45) is 2.69. The van der Waals surface area contributed by atoms with Gasteiger partial charge in [-0.05, 0) is 55.5 Å². The Morgan fingerprint density at radius 2 is 2.09 bits per heavy atom. The zero-order chi connectivity index (χ0) is 16.0. The summed E-state index contributed by atoms with van der Waals surface area (Å²) in [6, 6.07) is 4.50. The molecule has 0 N–H and O–H groups in total. The molecule has 1 aromatic carbocycles. The fraction of sp³-hybridized carbons (Fsp3) is 0.444. The highest BCUT2D eigenvalue weighted by Gasteiger charge is 2.32. The summed E-state index contributed by atoms with van der Waals surface area (Å²) in [5.74, 6) is 0.258. The van der Waals surface area contributed by atoms with Crippen LogP contribution in [0, 0.1) is 0 Å². The maximum Gasteiger partial charge on any atom is 0.231 e. The van der Waals surface area contributed by atoms with Crippen molar-refractivity contribution in [2.24, 2.45) is 4.99 Å². The van der Waals surface area contributed by atoms with Crippen LogP contribution in [0.25, 0.3) is 11.3 Å². The van der Waals surface area contributed by atoms with Gasteiger partial charge in [0.1, 0.15) is 0 Å². The Morgan fingerprint density at radius 1 is 1.26 bits per heavy atom. The number of rotatable bonds is 3. The van der Waals surface area contributed by atoms with Crippen LogP contribution in [-0.4, -0.2) is 23.6 Å². The van der Waals surface area contributed by atoms with Gasteiger partial charge in [0.05, 0.1) is 17.8 Å². The molecule has 0 bridgehead atoms. The van der Waals surface area contributed by atoms with Gasteiger partial charge in [-0.3, -0.25) is 9.79 Å². The molecule has 120 valence electrons. The molecule has 4 rings (SSSR count). The van der Waals surface area contributed by atoms with Gasteiger partial charge in [-0.25, -0.2) is 0 Å². The first-order valence-electron chi connectivity index (χ1n) is 8.38. The molecule has 3 heterocycles. The lowest BCUT2D eigenvalue weighted by Gasteiger charge is -2.26. The molecule has 2 aliphatic rings. The Kier molecular flexibility index (Phi) is 3.60. The number of carbonyl (C=O) groups excluding carboxylic acids is 1. The molecule has 2 aromatic rings. The molecule has 0 atom stereocenters. The monoisotopic (exact) mass is 327 g/mol. The summed E-state index contributed by atoms with van der Waals surface area (Å²) in [5.41, 5.74) is 6.18. The topological polar surface area (TPSA) is 37.6 Å². The van der Waals surface area contributed by atoms with E-state index in [0.717, 1.165) is 37.3 Å². The number of nitrogens with zero attached hydrogens (tertiary/aromatic N) is 3. The molecule has 0 spiro atoms. The smallest absolute Gasteiger partial charge is 0.231 e. The second-order valence-corrected chi connectivity index (χ2v) is 6.93. The quantitative estimate of drug-likeness (QED) is 0.854. The highest BCUT2D eigenvalue weighted by Crippen LogP contribution is 2.39.